The highest BCUT2D eigenvalue weighted by molar-refractivity contribution is 9.10. The molecule has 0 saturated carbocycles. The second kappa shape index (κ2) is 8.51. The van der Waals surface area contributed by atoms with Crippen molar-refractivity contribution < 1.29 is 9.53 Å². The largest absolute Gasteiger partial charge is 0.460 e. The smallest absolute Gasteiger partial charge is 0.309 e. The first-order chi connectivity index (χ1) is 12.1. The van der Waals surface area contributed by atoms with E-state index in [1.54, 1.807) is 24.5 Å². The van der Waals surface area contributed by atoms with Crippen molar-refractivity contribution in [3.63, 3.8) is 0 Å². The number of pyridine rings is 1. The summed E-state index contributed by atoms with van der Waals surface area (Å²) in [5, 5.41) is 0.641. The van der Waals surface area contributed by atoms with Gasteiger partial charge in [0.1, 0.15) is 5.60 Å². The molecule has 0 aliphatic rings. The number of nitrogens with zero attached hydrogens (tertiary/aromatic N) is 1. The number of ether oxygens (including phenoxy) is 1. The van der Waals surface area contributed by atoms with Gasteiger partial charge < -0.3 is 10.5 Å². The van der Waals surface area contributed by atoms with Gasteiger partial charge in [-0.05, 0) is 66.0 Å². The summed E-state index contributed by atoms with van der Waals surface area (Å²) >= 11 is 9.43. The molecule has 4 nitrogen and oxygen atoms in total. The fourth-order valence-corrected chi connectivity index (χ4v) is 3.36. The molecule has 1 aromatic carbocycles. The summed E-state index contributed by atoms with van der Waals surface area (Å²) in [5.41, 5.74) is 7.79. The molecule has 0 aliphatic heterocycles. The van der Waals surface area contributed by atoms with Gasteiger partial charge in [-0.3, -0.25) is 9.78 Å². The monoisotopic (exact) mass is 438 g/mol. The van der Waals surface area contributed by atoms with Crippen LogP contribution in [0, 0.1) is 5.92 Å². The van der Waals surface area contributed by atoms with Crippen LogP contribution in [0.3, 0.4) is 0 Å². The number of carbonyl (C=O) groups excluding carboxylic acids is 1. The Kier molecular flexibility index (Phi) is 6.83. The predicted molar refractivity (Wildman–Crippen MR) is 108 cm³/mol. The van der Waals surface area contributed by atoms with Gasteiger partial charge in [0, 0.05) is 33.8 Å². The van der Waals surface area contributed by atoms with Crippen LogP contribution in [0.5, 0.6) is 0 Å². The van der Waals surface area contributed by atoms with Crippen LogP contribution in [-0.4, -0.2) is 16.6 Å². The maximum absolute atomic E-state index is 12.7. The van der Waals surface area contributed by atoms with Crippen LogP contribution in [0.4, 0.5) is 0 Å². The molecule has 0 aliphatic carbocycles. The highest BCUT2D eigenvalue weighted by Gasteiger charge is 2.34. The lowest BCUT2D eigenvalue weighted by Gasteiger charge is -2.31. The van der Waals surface area contributed by atoms with E-state index in [9.17, 15) is 4.79 Å². The molecule has 140 valence electrons. The van der Waals surface area contributed by atoms with E-state index in [2.05, 4.69) is 20.9 Å². The summed E-state index contributed by atoms with van der Waals surface area (Å²) in [6, 6.07) is 8.89. The Morgan fingerprint density at radius 1 is 1.19 bits per heavy atom. The third-order valence-corrected chi connectivity index (χ3v) is 4.76. The third kappa shape index (κ3) is 5.53. The van der Waals surface area contributed by atoms with E-state index < -0.39 is 17.6 Å². The van der Waals surface area contributed by atoms with E-state index >= 15 is 0 Å². The third-order valence-electron chi connectivity index (χ3n) is 4.07. The molecular formula is C20H24BrClN2O2. The zero-order valence-electron chi connectivity index (χ0n) is 15.4. The van der Waals surface area contributed by atoms with Crippen LogP contribution in [0.25, 0.3) is 0 Å². The zero-order chi connectivity index (χ0) is 19.5. The van der Waals surface area contributed by atoms with Crippen LogP contribution >= 0.6 is 27.5 Å². The molecule has 26 heavy (non-hydrogen) atoms. The van der Waals surface area contributed by atoms with Gasteiger partial charge in [-0.15, -0.1) is 0 Å². The zero-order valence-corrected chi connectivity index (χ0v) is 17.7. The van der Waals surface area contributed by atoms with Gasteiger partial charge in [-0.1, -0.05) is 30.7 Å². The normalized spacial score (nSPS) is 15.2. The quantitative estimate of drug-likeness (QED) is 0.645. The SMILES string of the molecule is CC(C(=O)OC(C)(C)C)C(c1cncc(Br)c1)C(N)c1ccc(Cl)cc1. The predicted octanol–water partition coefficient (Wildman–Crippen LogP) is 5.26. The Morgan fingerprint density at radius 3 is 2.35 bits per heavy atom. The Hall–Kier alpha value is -1.43. The minimum absolute atomic E-state index is 0.285. The van der Waals surface area contributed by atoms with Crippen molar-refractivity contribution in [1.82, 2.24) is 4.98 Å². The van der Waals surface area contributed by atoms with Crippen LogP contribution in [0.15, 0.2) is 47.2 Å². The molecule has 6 heteroatoms. The van der Waals surface area contributed by atoms with Gasteiger partial charge in [0.2, 0.25) is 0 Å². The van der Waals surface area contributed by atoms with Gasteiger partial charge in [-0.25, -0.2) is 0 Å². The van der Waals surface area contributed by atoms with Gasteiger partial charge >= 0.3 is 5.97 Å². The Morgan fingerprint density at radius 2 is 1.81 bits per heavy atom. The van der Waals surface area contributed by atoms with E-state index in [1.807, 2.05) is 45.9 Å². The number of benzene rings is 1. The first kappa shape index (κ1) is 20.9. The second-order valence-corrected chi connectivity index (χ2v) is 8.71. The molecule has 2 rings (SSSR count). The minimum atomic E-state index is -0.560. The lowest BCUT2D eigenvalue weighted by molar-refractivity contribution is -0.160. The average Bonchev–Trinajstić information content (AvgIpc) is 2.54. The molecule has 0 fully saturated rings. The maximum atomic E-state index is 12.7. The number of hydrogen-bond donors (Lipinski definition) is 1. The van der Waals surface area contributed by atoms with Gasteiger partial charge in [-0.2, -0.15) is 0 Å². The van der Waals surface area contributed by atoms with Crippen molar-refractivity contribution in [3.05, 3.63) is 63.3 Å². The molecule has 2 N–H and O–H groups in total. The summed E-state index contributed by atoms with van der Waals surface area (Å²) < 4.78 is 6.42. The highest BCUT2D eigenvalue weighted by Crippen LogP contribution is 2.37. The Balaban J connectivity index is 2.41. The molecule has 1 heterocycles. The number of rotatable bonds is 5. The molecule has 0 bridgehead atoms. The van der Waals surface area contributed by atoms with Gasteiger partial charge in [0.05, 0.1) is 5.92 Å². The fourth-order valence-electron chi connectivity index (χ4n) is 2.85. The number of hydrogen-bond acceptors (Lipinski definition) is 4. The number of halogens is 2. The molecule has 1 aromatic heterocycles. The van der Waals surface area contributed by atoms with Gasteiger partial charge in [0.15, 0.2) is 0 Å². The first-order valence-corrected chi connectivity index (χ1v) is 9.60. The number of carbonyl (C=O) groups is 1. The van der Waals surface area contributed by atoms with Crippen molar-refractivity contribution in [2.75, 3.05) is 0 Å². The second-order valence-electron chi connectivity index (χ2n) is 7.36. The number of aromatic nitrogens is 1. The molecule has 3 atom stereocenters. The highest BCUT2D eigenvalue weighted by atomic mass is 79.9. The average molecular weight is 440 g/mol. The molecule has 0 saturated heterocycles. The summed E-state index contributed by atoms with van der Waals surface area (Å²) in [7, 11) is 0. The van der Waals surface area contributed by atoms with E-state index in [-0.39, 0.29) is 11.9 Å². The fraction of sp³-hybridized carbons (Fsp3) is 0.400. The van der Waals surface area contributed by atoms with Crippen LogP contribution < -0.4 is 5.73 Å². The van der Waals surface area contributed by atoms with Crippen molar-refractivity contribution in [2.24, 2.45) is 11.7 Å². The van der Waals surface area contributed by atoms with E-state index in [1.165, 1.54) is 0 Å². The lowest BCUT2D eigenvalue weighted by atomic mass is 9.79. The van der Waals surface area contributed by atoms with Crippen LogP contribution in [0.1, 0.15) is 50.8 Å². The van der Waals surface area contributed by atoms with E-state index in [0.29, 0.717) is 5.02 Å². The molecule has 2 aromatic rings. The lowest BCUT2D eigenvalue weighted by Crippen LogP contribution is -2.34. The number of esters is 1. The van der Waals surface area contributed by atoms with Crippen molar-refractivity contribution in [2.45, 2.75) is 45.3 Å². The van der Waals surface area contributed by atoms with Crippen LogP contribution in [0.2, 0.25) is 5.02 Å². The van der Waals surface area contributed by atoms with E-state index in [0.717, 1.165) is 15.6 Å². The summed E-state index contributed by atoms with van der Waals surface area (Å²) in [5.74, 6) is -1.03. The van der Waals surface area contributed by atoms with Crippen molar-refractivity contribution in [3.8, 4) is 0 Å². The standard InChI is InChI=1S/C20H24BrClN2O2/c1-12(19(25)26-20(2,3)4)17(14-9-15(21)11-24-10-14)18(23)13-5-7-16(22)8-6-13/h5-12,17-18H,23H2,1-4H3. The molecular weight excluding hydrogens is 416 g/mol. The molecule has 0 spiro atoms. The number of nitrogens with two attached hydrogens (primary N) is 1. The molecule has 0 radical (unpaired) electrons. The van der Waals surface area contributed by atoms with Gasteiger partial charge in [0.25, 0.3) is 0 Å². The summed E-state index contributed by atoms with van der Waals surface area (Å²) in [4.78, 5) is 17.0. The maximum Gasteiger partial charge on any atom is 0.309 e. The van der Waals surface area contributed by atoms with E-state index in [4.69, 9.17) is 22.1 Å². The van der Waals surface area contributed by atoms with Crippen molar-refractivity contribution >= 4 is 33.5 Å². The molecule has 0 amide bonds. The first-order valence-electron chi connectivity index (χ1n) is 8.43. The summed E-state index contributed by atoms with van der Waals surface area (Å²) in [6.45, 7) is 7.40. The Bertz CT molecular complexity index is 759. The minimum Gasteiger partial charge on any atom is -0.460 e. The van der Waals surface area contributed by atoms with Crippen molar-refractivity contribution in [1.29, 1.82) is 0 Å². The Labute approximate surface area is 168 Å². The molecule has 3 unspecified atom stereocenters. The van der Waals surface area contributed by atoms with Crippen LogP contribution in [-0.2, 0) is 9.53 Å². The summed E-state index contributed by atoms with van der Waals surface area (Å²) in [6.07, 6.45) is 3.44. The topological polar surface area (TPSA) is 65.2 Å².